The number of aryl methyl sites for hydroxylation is 3. The van der Waals surface area contributed by atoms with Crippen molar-refractivity contribution in [3.63, 3.8) is 0 Å². The fourth-order valence-corrected chi connectivity index (χ4v) is 3.58. The van der Waals surface area contributed by atoms with E-state index in [0.717, 1.165) is 33.8 Å². The van der Waals surface area contributed by atoms with Gasteiger partial charge in [-0.15, -0.1) is 0 Å². The van der Waals surface area contributed by atoms with E-state index >= 15 is 0 Å². The van der Waals surface area contributed by atoms with Crippen LogP contribution in [0.15, 0.2) is 47.6 Å². The number of anilines is 1. The van der Waals surface area contributed by atoms with E-state index in [9.17, 15) is 9.59 Å². The summed E-state index contributed by atoms with van der Waals surface area (Å²) in [5.74, 6) is -1.04. The van der Waals surface area contributed by atoms with E-state index in [-0.39, 0.29) is 0 Å². The Morgan fingerprint density at radius 3 is 2.41 bits per heavy atom. The summed E-state index contributed by atoms with van der Waals surface area (Å²) in [7, 11) is 1.57. The first-order chi connectivity index (χ1) is 15.2. The maximum Gasteiger partial charge on any atom is 0.329 e. The molecule has 0 radical (unpaired) electrons. The summed E-state index contributed by atoms with van der Waals surface area (Å²) in [5, 5.41) is 7.02. The molecule has 0 aliphatic heterocycles. The van der Waals surface area contributed by atoms with Gasteiger partial charge in [0.25, 0.3) is 0 Å². The fourth-order valence-electron chi connectivity index (χ4n) is 3.33. The Balaban J connectivity index is 1.69. The molecule has 0 fully saturated rings. The van der Waals surface area contributed by atoms with Gasteiger partial charge in [0.05, 0.1) is 18.3 Å². The number of hydrazone groups is 1. The minimum atomic E-state index is -0.852. The smallest absolute Gasteiger partial charge is 0.329 e. The summed E-state index contributed by atoms with van der Waals surface area (Å²) in [6, 6.07) is 12.9. The number of ether oxygens (including phenoxy) is 1. The number of aromatic nitrogens is 1. The molecule has 0 aliphatic carbocycles. The molecule has 0 bridgehead atoms. The Bertz CT molecular complexity index is 1210. The Morgan fingerprint density at radius 1 is 1.00 bits per heavy atom. The Kier molecular flexibility index (Phi) is 7.00. The van der Waals surface area contributed by atoms with Crippen LogP contribution in [0.25, 0.3) is 5.69 Å². The van der Waals surface area contributed by atoms with Crippen molar-refractivity contribution in [2.24, 2.45) is 5.10 Å². The number of rotatable bonds is 5. The molecule has 1 aromatic heterocycles. The quantitative estimate of drug-likeness (QED) is 0.340. The lowest BCUT2D eigenvalue weighted by atomic mass is 10.1. The van der Waals surface area contributed by atoms with Crippen molar-refractivity contribution in [3.05, 3.63) is 75.6 Å². The lowest BCUT2D eigenvalue weighted by Crippen LogP contribution is -2.32. The number of carbonyl (C=O) groups excluding carboxylic acids is 2. The molecule has 32 heavy (non-hydrogen) atoms. The molecule has 1 heterocycles. The molecular weight excluding hydrogens is 428 g/mol. The molecule has 0 unspecified atom stereocenters. The second-order valence-electron chi connectivity index (χ2n) is 7.43. The zero-order valence-corrected chi connectivity index (χ0v) is 19.4. The molecule has 2 aromatic carbocycles. The van der Waals surface area contributed by atoms with E-state index in [2.05, 4.69) is 15.8 Å². The van der Waals surface area contributed by atoms with Crippen LogP contribution in [-0.2, 0) is 9.59 Å². The zero-order chi connectivity index (χ0) is 23.4. The van der Waals surface area contributed by atoms with Crippen molar-refractivity contribution < 1.29 is 14.3 Å². The monoisotopic (exact) mass is 452 g/mol. The summed E-state index contributed by atoms with van der Waals surface area (Å²) in [6.45, 7) is 7.80. The molecule has 3 rings (SSSR count). The van der Waals surface area contributed by atoms with E-state index in [0.29, 0.717) is 16.5 Å². The highest BCUT2D eigenvalue weighted by Gasteiger charge is 2.14. The molecule has 0 saturated heterocycles. The molecule has 0 aliphatic rings. The number of benzene rings is 2. The summed E-state index contributed by atoms with van der Waals surface area (Å²) in [6.07, 6.45) is 1.51. The van der Waals surface area contributed by atoms with E-state index in [1.807, 2.05) is 62.6 Å². The average molecular weight is 453 g/mol. The van der Waals surface area contributed by atoms with Crippen LogP contribution >= 0.6 is 11.6 Å². The molecule has 8 heteroatoms. The average Bonchev–Trinajstić information content (AvgIpc) is 3.03. The van der Waals surface area contributed by atoms with Crippen molar-refractivity contribution in [1.29, 1.82) is 0 Å². The molecule has 0 atom stereocenters. The molecule has 0 spiro atoms. The zero-order valence-electron chi connectivity index (χ0n) is 18.6. The lowest BCUT2D eigenvalue weighted by molar-refractivity contribution is -0.136. The minimum absolute atomic E-state index is 0.509. The molecule has 3 aromatic rings. The van der Waals surface area contributed by atoms with Crippen molar-refractivity contribution in [1.82, 2.24) is 9.99 Å². The van der Waals surface area contributed by atoms with Crippen molar-refractivity contribution in [2.45, 2.75) is 27.7 Å². The number of hydrogen-bond acceptors (Lipinski definition) is 4. The number of methoxy groups -OCH3 is 1. The highest BCUT2D eigenvalue weighted by molar-refractivity contribution is 6.39. The predicted molar refractivity (Wildman–Crippen MR) is 127 cm³/mol. The molecule has 166 valence electrons. The van der Waals surface area contributed by atoms with Crippen LogP contribution in [0.5, 0.6) is 5.75 Å². The Labute approximate surface area is 192 Å². The van der Waals surface area contributed by atoms with Gasteiger partial charge < -0.3 is 14.6 Å². The number of nitrogens with zero attached hydrogens (tertiary/aromatic N) is 2. The van der Waals surface area contributed by atoms with Gasteiger partial charge >= 0.3 is 11.8 Å². The topological polar surface area (TPSA) is 84.7 Å². The summed E-state index contributed by atoms with van der Waals surface area (Å²) < 4.78 is 7.22. The van der Waals surface area contributed by atoms with Gasteiger partial charge in [-0.1, -0.05) is 17.7 Å². The second-order valence-corrected chi connectivity index (χ2v) is 7.84. The highest BCUT2D eigenvalue weighted by atomic mass is 35.5. The van der Waals surface area contributed by atoms with Gasteiger partial charge in [-0.25, -0.2) is 5.43 Å². The Hall–Kier alpha value is -3.58. The number of nitrogens with one attached hydrogen (secondary N) is 2. The molecular formula is C24H25ClN4O3. The molecule has 2 amide bonds. The standard InChI is InChI=1S/C24H25ClN4O3/c1-14-6-7-19(10-15(14)2)27-23(30)24(31)28-26-13-18-11-16(3)29(17(18)4)20-8-9-22(32-5)21(25)12-20/h6-13H,1-5H3,(H,27,30)(H,28,31)/b26-13-. The van der Waals surface area contributed by atoms with E-state index in [1.165, 1.54) is 6.21 Å². The molecule has 2 N–H and O–H groups in total. The maximum absolute atomic E-state index is 12.1. The van der Waals surface area contributed by atoms with Crippen LogP contribution in [0, 0.1) is 27.7 Å². The third kappa shape index (κ3) is 5.00. The fraction of sp³-hybridized carbons (Fsp3) is 0.208. The van der Waals surface area contributed by atoms with Crippen LogP contribution in [0.2, 0.25) is 5.02 Å². The van der Waals surface area contributed by atoms with Gasteiger partial charge in [-0.05, 0) is 75.2 Å². The maximum atomic E-state index is 12.1. The predicted octanol–water partition coefficient (Wildman–Crippen LogP) is 4.46. The second kappa shape index (κ2) is 9.70. The highest BCUT2D eigenvalue weighted by Crippen LogP contribution is 2.29. The SMILES string of the molecule is COc1ccc(-n2c(C)cc(/C=N\NC(=O)C(=O)Nc3ccc(C)c(C)c3)c2C)cc1Cl. The Morgan fingerprint density at radius 2 is 1.75 bits per heavy atom. The van der Waals surface area contributed by atoms with Gasteiger partial charge in [0.15, 0.2) is 0 Å². The molecule has 7 nitrogen and oxygen atoms in total. The van der Waals surface area contributed by atoms with Crippen LogP contribution in [-0.4, -0.2) is 29.7 Å². The summed E-state index contributed by atoms with van der Waals surface area (Å²) in [4.78, 5) is 24.2. The van der Waals surface area contributed by atoms with E-state index in [4.69, 9.17) is 16.3 Å². The molecule has 0 saturated carbocycles. The van der Waals surface area contributed by atoms with Crippen molar-refractivity contribution >= 4 is 35.3 Å². The summed E-state index contributed by atoms with van der Waals surface area (Å²) >= 11 is 6.26. The van der Waals surface area contributed by atoms with Crippen LogP contribution < -0.4 is 15.5 Å². The largest absolute Gasteiger partial charge is 0.495 e. The van der Waals surface area contributed by atoms with E-state index < -0.39 is 11.8 Å². The minimum Gasteiger partial charge on any atom is -0.495 e. The first-order valence-electron chi connectivity index (χ1n) is 9.95. The van der Waals surface area contributed by atoms with Crippen molar-refractivity contribution in [2.75, 3.05) is 12.4 Å². The van der Waals surface area contributed by atoms with Crippen molar-refractivity contribution in [3.8, 4) is 11.4 Å². The lowest BCUT2D eigenvalue weighted by Gasteiger charge is -2.11. The van der Waals surface area contributed by atoms with Crippen LogP contribution in [0.1, 0.15) is 28.1 Å². The first-order valence-corrected chi connectivity index (χ1v) is 10.3. The first kappa shape index (κ1) is 23.1. The van der Waals surface area contributed by atoms with Crippen LogP contribution in [0.3, 0.4) is 0 Å². The normalized spacial score (nSPS) is 10.9. The van der Waals surface area contributed by atoms with Gasteiger partial charge in [-0.2, -0.15) is 5.10 Å². The summed E-state index contributed by atoms with van der Waals surface area (Å²) in [5.41, 5.74) is 8.49. The number of amides is 2. The van der Waals surface area contributed by atoms with E-state index in [1.54, 1.807) is 19.2 Å². The number of hydrogen-bond donors (Lipinski definition) is 2. The van der Waals surface area contributed by atoms with Gasteiger partial charge in [0.1, 0.15) is 5.75 Å². The third-order valence-corrected chi connectivity index (χ3v) is 5.50. The third-order valence-electron chi connectivity index (χ3n) is 5.20. The number of carbonyl (C=O) groups is 2. The van der Waals surface area contributed by atoms with Gasteiger partial charge in [0.2, 0.25) is 0 Å². The van der Waals surface area contributed by atoms with Crippen LogP contribution in [0.4, 0.5) is 5.69 Å². The van der Waals surface area contributed by atoms with Gasteiger partial charge in [0, 0.05) is 28.3 Å². The van der Waals surface area contributed by atoms with Gasteiger partial charge in [-0.3, -0.25) is 9.59 Å². The number of halogens is 1.